The first-order valence-corrected chi connectivity index (χ1v) is 5.85. The summed E-state index contributed by atoms with van der Waals surface area (Å²) < 4.78 is 0. The van der Waals surface area contributed by atoms with E-state index in [0.717, 1.165) is 25.0 Å². The third kappa shape index (κ3) is 2.05. The van der Waals surface area contributed by atoms with Gasteiger partial charge in [0.1, 0.15) is 0 Å². The van der Waals surface area contributed by atoms with Crippen LogP contribution in [0, 0.1) is 5.92 Å². The number of aromatic nitrogens is 2. The Hall–Kier alpha value is -0.640. The average molecular weight is 256 g/mol. The van der Waals surface area contributed by atoms with Gasteiger partial charge in [-0.15, -0.1) is 0 Å². The fourth-order valence-electron chi connectivity index (χ4n) is 1.66. The molecular weight excluding hydrogens is 242 g/mol. The summed E-state index contributed by atoms with van der Waals surface area (Å²) in [6.07, 6.45) is 4.79. The summed E-state index contributed by atoms with van der Waals surface area (Å²) in [4.78, 5) is 11.3. The molecule has 1 aliphatic heterocycles. The largest absolute Gasteiger partial charge is 0.340 e. The minimum atomic E-state index is 0.556. The molecule has 0 saturated carbocycles. The molecule has 1 aromatic heterocycles. The van der Waals surface area contributed by atoms with Gasteiger partial charge < -0.3 is 4.90 Å². The van der Waals surface area contributed by atoms with Crippen molar-refractivity contribution >= 4 is 21.9 Å². The van der Waals surface area contributed by atoms with Crippen LogP contribution in [-0.2, 0) is 0 Å². The van der Waals surface area contributed by atoms with Crippen molar-refractivity contribution in [1.29, 1.82) is 0 Å². The van der Waals surface area contributed by atoms with Crippen molar-refractivity contribution in [2.75, 3.05) is 18.0 Å². The zero-order chi connectivity index (χ0) is 9.97. The van der Waals surface area contributed by atoms with Crippen LogP contribution in [0.2, 0.25) is 0 Å². The smallest absolute Gasteiger partial charge is 0.225 e. The van der Waals surface area contributed by atoms with Gasteiger partial charge in [-0.1, -0.05) is 22.9 Å². The number of hydrogen-bond acceptors (Lipinski definition) is 3. The summed E-state index contributed by atoms with van der Waals surface area (Å²) >= 11 is 3.69. The van der Waals surface area contributed by atoms with Crippen molar-refractivity contribution in [1.82, 2.24) is 9.97 Å². The highest BCUT2D eigenvalue weighted by Gasteiger charge is 2.24. The fourth-order valence-corrected chi connectivity index (χ4v) is 2.27. The molecule has 3 nitrogen and oxygen atoms in total. The molecule has 0 bridgehead atoms. The van der Waals surface area contributed by atoms with Crippen molar-refractivity contribution in [3.05, 3.63) is 18.5 Å². The second kappa shape index (κ2) is 4.26. The van der Waals surface area contributed by atoms with Gasteiger partial charge in [-0.3, -0.25) is 0 Å². The second-order valence-corrected chi connectivity index (χ2v) is 4.95. The van der Waals surface area contributed by atoms with Crippen LogP contribution >= 0.6 is 15.9 Å². The minimum absolute atomic E-state index is 0.556. The molecule has 14 heavy (non-hydrogen) atoms. The molecule has 1 aromatic rings. The maximum Gasteiger partial charge on any atom is 0.225 e. The van der Waals surface area contributed by atoms with Crippen molar-refractivity contribution in [2.45, 2.75) is 18.2 Å². The van der Waals surface area contributed by atoms with E-state index in [-0.39, 0.29) is 0 Å². The van der Waals surface area contributed by atoms with Gasteiger partial charge in [0.05, 0.1) is 0 Å². The Bertz CT molecular complexity index is 291. The normalized spacial score (nSPS) is 27.7. The second-order valence-electron chi connectivity index (χ2n) is 3.78. The van der Waals surface area contributed by atoms with Crippen LogP contribution in [0.15, 0.2) is 18.5 Å². The molecule has 4 heteroatoms. The molecule has 2 atom stereocenters. The summed E-state index contributed by atoms with van der Waals surface area (Å²) in [6, 6.07) is 1.85. The van der Waals surface area contributed by atoms with Gasteiger partial charge in [-0.25, -0.2) is 9.97 Å². The first-order chi connectivity index (χ1) is 6.77. The van der Waals surface area contributed by atoms with Gasteiger partial charge in [0.25, 0.3) is 0 Å². The molecular formula is C10H14BrN3. The molecule has 76 valence electrons. The minimum Gasteiger partial charge on any atom is -0.340 e. The Balaban J connectivity index is 2.07. The number of anilines is 1. The van der Waals surface area contributed by atoms with E-state index in [0.29, 0.717) is 4.83 Å². The lowest BCUT2D eigenvalue weighted by Gasteiger charge is -2.34. The predicted molar refractivity (Wildman–Crippen MR) is 60.7 cm³/mol. The number of alkyl halides is 1. The summed E-state index contributed by atoms with van der Waals surface area (Å²) in [5.74, 6) is 1.60. The van der Waals surface area contributed by atoms with Crippen LogP contribution < -0.4 is 4.90 Å². The molecule has 1 fully saturated rings. The van der Waals surface area contributed by atoms with E-state index in [9.17, 15) is 0 Å². The molecule has 0 amide bonds. The molecule has 0 aliphatic carbocycles. The zero-order valence-corrected chi connectivity index (χ0v) is 9.81. The van der Waals surface area contributed by atoms with E-state index < -0.39 is 0 Å². The number of rotatable bonds is 1. The fraction of sp³-hybridized carbons (Fsp3) is 0.600. The van der Waals surface area contributed by atoms with Crippen LogP contribution in [0.25, 0.3) is 0 Å². The van der Waals surface area contributed by atoms with Crippen LogP contribution in [0.4, 0.5) is 5.95 Å². The Morgan fingerprint density at radius 2 is 2.14 bits per heavy atom. The van der Waals surface area contributed by atoms with E-state index in [1.54, 1.807) is 12.4 Å². The molecule has 2 unspecified atom stereocenters. The summed E-state index contributed by atoms with van der Waals surface area (Å²) in [5.41, 5.74) is 0. The Labute approximate surface area is 92.7 Å². The SMILES string of the molecule is CC1CCN(c2ncccn2)CC1Br. The summed E-state index contributed by atoms with van der Waals surface area (Å²) in [6.45, 7) is 4.35. The monoisotopic (exact) mass is 255 g/mol. The average Bonchev–Trinajstić information content (AvgIpc) is 2.23. The summed E-state index contributed by atoms with van der Waals surface area (Å²) in [5, 5.41) is 0. The van der Waals surface area contributed by atoms with Gasteiger partial charge in [0.2, 0.25) is 5.95 Å². The first-order valence-electron chi connectivity index (χ1n) is 4.93. The Kier molecular flexibility index (Phi) is 3.01. The topological polar surface area (TPSA) is 29.0 Å². The third-order valence-corrected chi connectivity index (χ3v) is 3.89. The molecule has 2 heterocycles. The van der Waals surface area contributed by atoms with Crippen molar-refractivity contribution in [2.24, 2.45) is 5.92 Å². The molecule has 0 N–H and O–H groups in total. The van der Waals surface area contributed by atoms with E-state index in [4.69, 9.17) is 0 Å². The Morgan fingerprint density at radius 3 is 2.79 bits per heavy atom. The van der Waals surface area contributed by atoms with Crippen LogP contribution in [0.1, 0.15) is 13.3 Å². The summed E-state index contributed by atoms with van der Waals surface area (Å²) in [7, 11) is 0. The van der Waals surface area contributed by atoms with Gasteiger partial charge >= 0.3 is 0 Å². The lowest BCUT2D eigenvalue weighted by Crippen LogP contribution is -2.40. The van der Waals surface area contributed by atoms with Crippen LogP contribution in [-0.4, -0.2) is 27.9 Å². The number of nitrogens with zero attached hydrogens (tertiary/aromatic N) is 3. The Morgan fingerprint density at radius 1 is 1.43 bits per heavy atom. The molecule has 0 radical (unpaired) electrons. The maximum absolute atomic E-state index is 4.26. The molecule has 1 aliphatic rings. The highest BCUT2D eigenvalue weighted by molar-refractivity contribution is 9.09. The maximum atomic E-state index is 4.26. The van der Waals surface area contributed by atoms with E-state index in [2.05, 4.69) is 37.7 Å². The van der Waals surface area contributed by atoms with E-state index in [1.807, 2.05) is 6.07 Å². The van der Waals surface area contributed by atoms with Crippen molar-refractivity contribution in [3.63, 3.8) is 0 Å². The molecule has 0 aromatic carbocycles. The molecule has 2 rings (SSSR count). The highest BCUT2D eigenvalue weighted by Crippen LogP contribution is 2.25. The molecule has 1 saturated heterocycles. The predicted octanol–water partition coefficient (Wildman–Crippen LogP) is 2.09. The van der Waals surface area contributed by atoms with Crippen molar-refractivity contribution < 1.29 is 0 Å². The molecule has 0 spiro atoms. The zero-order valence-electron chi connectivity index (χ0n) is 8.23. The first kappa shape index (κ1) is 9.90. The number of piperidine rings is 1. The van der Waals surface area contributed by atoms with Gasteiger partial charge in [0, 0.05) is 30.3 Å². The van der Waals surface area contributed by atoms with Crippen LogP contribution in [0.3, 0.4) is 0 Å². The quantitative estimate of drug-likeness (QED) is 0.720. The number of hydrogen-bond donors (Lipinski definition) is 0. The number of halogens is 1. The lowest BCUT2D eigenvalue weighted by molar-refractivity contribution is 0.452. The van der Waals surface area contributed by atoms with Crippen molar-refractivity contribution in [3.8, 4) is 0 Å². The van der Waals surface area contributed by atoms with E-state index >= 15 is 0 Å². The van der Waals surface area contributed by atoms with Gasteiger partial charge in [-0.2, -0.15) is 0 Å². The van der Waals surface area contributed by atoms with E-state index in [1.165, 1.54) is 6.42 Å². The van der Waals surface area contributed by atoms with Gasteiger partial charge in [0.15, 0.2) is 0 Å². The highest BCUT2D eigenvalue weighted by atomic mass is 79.9. The standard InChI is InChI=1S/C10H14BrN3/c1-8-3-6-14(7-9(8)11)10-12-4-2-5-13-10/h2,4-5,8-9H,3,6-7H2,1H3. The van der Waals surface area contributed by atoms with Gasteiger partial charge in [-0.05, 0) is 18.4 Å². The van der Waals surface area contributed by atoms with Crippen LogP contribution in [0.5, 0.6) is 0 Å². The third-order valence-electron chi connectivity index (χ3n) is 2.70. The lowest BCUT2D eigenvalue weighted by atomic mass is 9.99.